The number of hydrogen-bond donors (Lipinski definition) is 3. The van der Waals surface area contributed by atoms with Crippen LogP contribution in [0, 0.1) is 0 Å². The number of rotatable bonds is 7. The molecular formula is C28H26N2O3. The minimum Gasteiger partial charge on any atom is -0.449 e. The average Bonchev–Trinajstić information content (AvgIpc) is 3.18. The Morgan fingerprint density at radius 2 is 1.48 bits per heavy atom. The van der Waals surface area contributed by atoms with Gasteiger partial charge in [0.25, 0.3) is 0 Å². The lowest BCUT2D eigenvalue weighted by Crippen LogP contribution is -2.27. The normalized spacial score (nSPS) is 12.3. The first kappa shape index (κ1) is 21.0. The van der Waals surface area contributed by atoms with Crippen LogP contribution >= 0.6 is 0 Å². The summed E-state index contributed by atoms with van der Waals surface area (Å²) >= 11 is 0. The summed E-state index contributed by atoms with van der Waals surface area (Å²) in [6.45, 7) is 0.852. The second-order valence-corrected chi connectivity index (χ2v) is 8.29. The van der Waals surface area contributed by atoms with Gasteiger partial charge in [-0.2, -0.15) is 0 Å². The van der Waals surface area contributed by atoms with Crippen molar-refractivity contribution in [2.45, 2.75) is 18.8 Å². The molecule has 0 saturated carbocycles. The van der Waals surface area contributed by atoms with Crippen LogP contribution in [0.2, 0.25) is 0 Å². The lowest BCUT2D eigenvalue weighted by atomic mass is 9.98. The number of alkyl carbamates (subject to hydrolysis) is 1. The van der Waals surface area contributed by atoms with Gasteiger partial charge >= 0.3 is 6.09 Å². The lowest BCUT2D eigenvalue weighted by molar-refractivity contribution is 0.143. The number of fused-ring (bicyclic) bond motifs is 4. The maximum Gasteiger partial charge on any atom is 0.407 e. The summed E-state index contributed by atoms with van der Waals surface area (Å²) in [4.78, 5) is 12.4. The third kappa shape index (κ3) is 4.15. The Morgan fingerprint density at radius 3 is 2.21 bits per heavy atom. The third-order valence-corrected chi connectivity index (χ3v) is 6.37. The molecule has 5 rings (SSSR count). The molecule has 0 bridgehead atoms. The molecule has 4 aromatic carbocycles. The predicted octanol–water partition coefficient (Wildman–Crippen LogP) is 6.11. The highest BCUT2D eigenvalue weighted by atomic mass is 16.5. The molecule has 0 aromatic heterocycles. The number of benzene rings is 4. The lowest BCUT2D eigenvalue weighted by Gasteiger charge is -2.14. The number of carbonyl (C=O) groups excluding carboxylic acids is 1. The zero-order valence-electron chi connectivity index (χ0n) is 18.3. The van der Waals surface area contributed by atoms with Crippen LogP contribution in [0.1, 0.15) is 29.0 Å². The summed E-state index contributed by atoms with van der Waals surface area (Å²) in [5, 5.41) is 14.3. The minimum atomic E-state index is -0.387. The molecule has 0 radical (unpaired) electrons. The maximum absolute atomic E-state index is 12.4. The van der Waals surface area contributed by atoms with Crippen molar-refractivity contribution in [1.29, 1.82) is 0 Å². The van der Waals surface area contributed by atoms with Gasteiger partial charge in [0.05, 0.1) is 5.69 Å². The molecule has 1 aliphatic carbocycles. The van der Waals surface area contributed by atoms with Crippen LogP contribution in [0.15, 0.2) is 84.9 Å². The SMILES string of the molecule is O=C(NCCCc1cccc2c(NO)cccc12)OCC1c2ccccc2-c2ccccc21. The van der Waals surface area contributed by atoms with Gasteiger partial charge in [-0.1, -0.05) is 78.9 Å². The molecule has 0 unspecified atom stereocenters. The van der Waals surface area contributed by atoms with E-state index in [4.69, 9.17) is 4.74 Å². The van der Waals surface area contributed by atoms with Crippen molar-refractivity contribution in [2.24, 2.45) is 0 Å². The van der Waals surface area contributed by atoms with E-state index in [1.54, 1.807) is 0 Å². The number of carbonyl (C=O) groups is 1. The van der Waals surface area contributed by atoms with Crippen LogP contribution in [0.3, 0.4) is 0 Å². The molecule has 1 aliphatic rings. The first-order valence-corrected chi connectivity index (χ1v) is 11.3. The Hall–Kier alpha value is -3.83. The minimum absolute atomic E-state index is 0.0631. The van der Waals surface area contributed by atoms with Crippen LogP contribution in [0.5, 0.6) is 0 Å². The van der Waals surface area contributed by atoms with Gasteiger partial charge in [0.2, 0.25) is 0 Å². The van der Waals surface area contributed by atoms with Gasteiger partial charge in [-0.05, 0) is 52.1 Å². The van der Waals surface area contributed by atoms with Crippen LogP contribution in [-0.2, 0) is 11.2 Å². The van der Waals surface area contributed by atoms with Crippen molar-refractivity contribution in [3.8, 4) is 11.1 Å². The fourth-order valence-electron chi connectivity index (χ4n) is 4.81. The number of ether oxygens (including phenoxy) is 1. The van der Waals surface area contributed by atoms with E-state index in [0.29, 0.717) is 18.8 Å². The molecule has 0 saturated heterocycles. The molecule has 1 amide bonds. The van der Waals surface area contributed by atoms with E-state index in [-0.39, 0.29) is 12.0 Å². The molecule has 0 spiro atoms. The van der Waals surface area contributed by atoms with E-state index in [1.165, 1.54) is 27.8 Å². The van der Waals surface area contributed by atoms with Crippen LogP contribution < -0.4 is 10.8 Å². The van der Waals surface area contributed by atoms with E-state index in [0.717, 1.165) is 23.6 Å². The van der Waals surface area contributed by atoms with Crippen LogP contribution in [-0.4, -0.2) is 24.5 Å². The Labute approximate surface area is 193 Å². The fourth-order valence-corrected chi connectivity index (χ4v) is 4.81. The molecule has 3 N–H and O–H groups in total. The van der Waals surface area contributed by atoms with E-state index < -0.39 is 0 Å². The van der Waals surface area contributed by atoms with Crippen molar-refractivity contribution < 1.29 is 14.7 Å². The zero-order valence-corrected chi connectivity index (χ0v) is 18.3. The summed E-state index contributed by atoms with van der Waals surface area (Å²) in [7, 11) is 0. The standard InChI is InChI=1S/C28H26N2O3/c31-28(29-17-7-9-19-8-5-15-25-20(19)14-6-16-27(25)30-32)33-18-26-23-12-3-1-10-21(23)22-11-2-4-13-24(22)26/h1-6,8,10-16,26,30,32H,7,9,17-18H2,(H,29,31). The van der Waals surface area contributed by atoms with Crippen LogP contribution in [0.25, 0.3) is 21.9 Å². The van der Waals surface area contributed by atoms with E-state index in [1.807, 2.05) is 54.6 Å². The molecule has 4 aromatic rings. The van der Waals surface area contributed by atoms with Crippen molar-refractivity contribution in [1.82, 2.24) is 5.32 Å². The van der Waals surface area contributed by atoms with Gasteiger partial charge in [0.1, 0.15) is 6.61 Å². The van der Waals surface area contributed by atoms with Crippen molar-refractivity contribution >= 4 is 22.6 Å². The molecule has 0 fully saturated rings. The number of aryl methyl sites for hydroxylation is 1. The van der Waals surface area contributed by atoms with Crippen molar-refractivity contribution in [3.63, 3.8) is 0 Å². The zero-order chi connectivity index (χ0) is 22.6. The quantitative estimate of drug-likeness (QED) is 0.240. The smallest absolute Gasteiger partial charge is 0.407 e. The highest BCUT2D eigenvalue weighted by Crippen LogP contribution is 2.44. The first-order valence-electron chi connectivity index (χ1n) is 11.3. The Morgan fingerprint density at radius 1 is 0.818 bits per heavy atom. The van der Waals surface area contributed by atoms with Crippen LogP contribution in [0.4, 0.5) is 10.5 Å². The fraction of sp³-hybridized carbons (Fsp3) is 0.179. The van der Waals surface area contributed by atoms with E-state index in [9.17, 15) is 10.0 Å². The summed E-state index contributed by atoms with van der Waals surface area (Å²) in [5.74, 6) is 0.0631. The topological polar surface area (TPSA) is 70.6 Å². The molecule has 5 heteroatoms. The second kappa shape index (κ2) is 9.35. The van der Waals surface area contributed by atoms with E-state index >= 15 is 0 Å². The first-order chi connectivity index (χ1) is 16.3. The summed E-state index contributed by atoms with van der Waals surface area (Å²) < 4.78 is 5.61. The molecular weight excluding hydrogens is 412 g/mol. The largest absolute Gasteiger partial charge is 0.449 e. The third-order valence-electron chi connectivity index (χ3n) is 6.37. The average molecular weight is 439 g/mol. The van der Waals surface area contributed by atoms with Gasteiger partial charge in [0, 0.05) is 17.8 Å². The molecule has 166 valence electrons. The van der Waals surface area contributed by atoms with Crippen molar-refractivity contribution in [2.75, 3.05) is 18.6 Å². The molecule has 0 aliphatic heterocycles. The number of anilines is 1. The highest BCUT2D eigenvalue weighted by Gasteiger charge is 2.28. The Bertz CT molecular complexity index is 1260. The summed E-state index contributed by atoms with van der Waals surface area (Å²) in [6.07, 6.45) is 1.22. The summed E-state index contributed by atoms with van der Waals surface area (Å²) in [5.41, 5.74) is 8.97. The van der Waals surface area contributed by atoms with Crippen molar-refractivity contribution in [3.05, 3.63) is 102 Å². The van der Waals surface area contributed by atoms with Gasteiger partial charge in [-0.3, -0.25) is 10.7 Å². The highest BCUT2D eigenvalue weighted by molar-refractivity contribution is 5.95. The number of nitrogens with one attached hydrogen (secondary N) is 2. The van der Waals surface area contributed by atoms with Gasteiger partial charge in [-0.15, -0.1) is 0 Å². The molecule has 5 nitrogen and oxygen atoms in total. The second-order valence-electron chi connectivity index (χ2n) is 8.29. The molecule has 0 heterocycles. The van der Waals surface area contributed by atoms with E-state index in [2.05, 4.69) is 41.1 Å². The van der Waals surface area contributed by atoms with Gasteiger partial charge in [0.15, 0.2) is 0 Å². The monoisotopic (exact) mass is 438 g/mol. The predicted molar refractivity (Wildman–Crippen MR) is 131 cm³/mol. The molecule has 33 heavy (non-hydrogen) atoms. The van der Waals surface area contributed by atoms with Gasteiger partial charge < -0.3 is 10.1 Å². The number of hydrogen-bond acceptors (Lipinski definition) is 4. The summed E-state index contributed by atoms with van der Waals surface area (Å²) in [6, 6.07) is 28.5. The Balaban J connectivity index is 1.16. The number of amides is 1. The Kier molecular flexibility index (Phi) is 5.96. The maximum atomic E-state index is 12.4. The van der Waals surface area contributed by atoms with Gasteiger partial charge in [-0.25, -0.2) is 4.79 Å². The molecule has 0 atom stereocenters.